The Morgan fingerprint density at radius 1 is 1.13 bits per heavy atom. The van der Waals surface area contributed by atoms with Crippen molar-refractivity contribution in [2.45, 2.75) is 45.4 Å². The van der Waals surface area contributed by atoms with Gasteiger partial charge in [0.05, 0.1) is 0 Å². The molecule has 160 valence electrons. The van der Waals surface area contributed by atoms with Crippen LogP contribution in [0.25, 0.3) is 5.69 Å². The number of hydrogen-bond acceptors (Lipinski definition) is 4. The number of fused-ring (bicyclic) bond motifs is 1. The van der Waals surface area contributed by atoms with E-state index in [1.807, 2.05) is 41.8 Å². The molecule has 0 spiro atoms. The van der Waals surface area contributed by atoms with Gasteiger partial charge in [0, 0.05) is 34.8 Å². The van der Waals surface area contributed by atoms with Gasteiger partial charge >= 0.3 is 0 Å². The number of rotatable bonds is 6. The maximum atomic E-state index is 13.4. The van der Waals surface area contributed by atoms with Gasteiger partial charge in [-0.15, -0.1) is 11.3 Å². The van der Waals surface area contributed by atoms with Crippen molar-refractivity contribution in [1.29, 1.82) is 0 Å². The minimum atomic E-state index is -0.435. The lowest BCUT2D eigenvalue weighted by molar-refractivity contribution is 0.0952. The van der Waals surface area contributed by atoms with Crippen molar-refractivity contribution in [2.75, 3.05) is 6.54 Å². The van der Waals surface area contributed by atoms with Crippen LogP contribution < -0.4 is 10.9 Å². The molecule has 0 saturated heterocycles. The molecule has 31 heavy (non-hydrogen) atoms. The lowest BCUT2D eigenvalue weighted by Gasteiger charge is -2.22. The average molecular weight is 435 g/mol. The van der Waals surface area contributed by atoms with Crippen LogP contribution in [-0.2, 0) is 12.8 Å². The van der Waals surface area contributed by atoms with Gasteiger partial charge in [0.2, 0.25) is 0 Å². The minimum absolute atomic E-state index is 0.0126. The van der Waals surface area contributed by atoms with Gasteiger partial charge in [-0.2, -0.15) is 0 Å². The van der Waals surface area contributed by atoms with Crippen LogP contribution in [0.2, 0.25) is 0 Å². The van der Waals surface area contributed by atoms with Gasteiger partial charge in [-0.3, -0.25) is 19.0 Å². The number of carbonyl (C=O) groups is 2. The van der Waals surface area contributed by atoms with Crippen molar-refractivity contribution in [3.05, 3.63) is 85.5 Å². The number of ketones is 1. The maximum Gasteiger partial charge on any atom is 0.268 e. The number of Topliss-reactive ketones (excluding diaryl/α,β-unsaturated/α-hetero) is 1. The highest BCUT2D eigenvalue weighted by Crippen LogP contribution is 2.24. The Morgan fingerprint density at radius 3 is 2.58 bits per heavy atom. The summed E-state index contributed by atoms with van der Waals surface area (Å²) in [5.41, 5.74) is 2.70. The lowest BCUT2D eigenvalue weighted by atomic mass is 9.92. The second-order valence-electron chi connectivity index (χ2n) is 8.17. The predicted molar refractivity (Wildman–Crippen MR) is 124 cm³/mol. The summed E-state index contributed by atoms with van der Waals surface area (Å²) in [7, 11) is 0. The number of nitrogens with zero attached hydrogens (tertiary/aromatic N) is 1. The van der Waals surface area contributed by atoms with E-state index in [4.69, 9.17) is 0 Å². The highest BCUT2D eigenvalue weighted by molar-refractivity contribution is 7.09. The van der Waals surface area contributed by atoms with Crippen LogP contribution in [0, 0.1) is 0 Å². The van der Waals surface area contributed by atoms with Gasteiger partial charge in [0.15, 0.2) is 5.78 Å². The van der Waals surface area contributed by atoms with Gasteiger partial charge in [-0.25, -0.2) is 0 Å². The number of hydrogen-bond donors (Lipinski definition) is 1. The molecular formula is C25H26N2O3S. The zero-order chi connectivity index (χ0) is 22.0. The lowest BCUT2D eigenvalue weighted by Crippen LogP contribution is -2.36. The highest BCUT2D eigenvalue weighted by Gasteiger charge is 2.26. The predicted octanol–water partition coefficient (Wildman–Crippen LogP) is 4.51. The van der Waals surface area contributed by atoms with E-state index in [9.17, 15) is 14.4 Å². The van der Waals surface area contributed by atoms with E-state index in [0.717, 1.165) is 0 Å². The summed E-state index contributed by atoms with van der Waals surface area (Å²) in [4.78, 5) is 40.1. The van der Waals surface area contributed by atoms with Crippen LogP contribution in [0.15, 0.2) is 52.6 Å². The first-order valence-electron chi connectivity index (χ1n) is 10.7. The Hall–Kier alpha value is -2.99. The third kappa shape index (κ3) is 4.39. The molecule has 0 fully saturated rings. The molecule has 1 aliphatic rings. The van der Waals surface area contributed by atoms with Crippen LogP contribution in [-0.4, -0.2) is 22.8 Å². The first kappa shape index (κ1) is 21.2. The van der Waals surface area contributed by atoms with E-state index < -0.39 is 5.91 Å². The Balaban J connectivity index is 1.71. The quantitative estimate of drug-likeness (QED) is 0.620. The molecule has 3 aromatic rings. The van der Waals surface area contributed by atoms with Crippen molar-refractivity contribution < 1.29 is 9.59 Å². The van der Waals surface area contributed by atoms with Crippen molar-refractivity contribution in [3.8, 4) is 5.69 Å². The molecule has 1 amide bonds. The smallest absolute Gasteiger partial charge is 0.268 e. The van der Waals surface area contributed by atoms with Gasteiger partial charge in [0.1, 0.15) is 5.56 Å². The molecule has 0 radical (unpaired) electrons. The first-order valence-corrected chi connectivity index (χ1v) is 11.6. The summed E-state index contributed by atoms with van der Waals surface area (Å²) in [5, 5.41) is 4.84. The molecule has 1 aliphatic carbocycles. The van der Waals surface area contributed by atoms with E-state index in [2.05, 4.69) is 19.2 Å². The van der Waals surface area contributed by atoms with E-state index in [-0.39, 0.29) is 16.9 Å². The fourth-order valence-electron chi connectivity index (χ4n) is 3.99. The van der Waals surface area contributed by atoms with Crippen LogP contribution in [0.3, 0.4) is 0 Å². The molecular weight excluding hydrogens is 408 g/mol. The van der Waals surface area contributed by atoms with E-state index in [1.54, 1.807) is 15.9 Å². The highest BCUT2D eigenvalue weighted by atomic mass is 32.1. The normalized spacial score (nSPS) is 13.3. The number of carbonyl (C=O) groups excluding carboxylic acids is 2. The fraction of sp³-hybridized carbons (Fsp3) is 0.320. The zero-order valence-electron chi connectivity index (χ0n) is 17.8. The van der Waals surface area contributed by atoms with Gasteiger partial charge in [0.25, 0.3) is 11.5 Å². The Bertz CT molecular complexity index is 1160. The van der Waals surface area contributed by atoms with E-state index in [1.165, 1.54) is 16.5 Å². The third-order valence-corrected chi connectivity index (χ3v) is 6.66. The number of thiophene rings is 1. The Morgan fingerprint density at radius 2 is 1.90 bits per heavy atom. The molecule has 0 aliphatic heterocycles. The summed E-state index contributed by atoms with van der Waals surface area (Å²) in [6, 6.07) is 13.3. The van der Waals surface area contributed by atoms with Crippen LogP contribution in [0.1, 0.15) is 69.5 Å². The molecule has 2 aromatic heterocycles. The Labute approximate surface area is 185 Å². The number of aromatic nitrogens is 1. The summed E-state index contributed by atoms with van der Waals surface area (Å²) in [5.74, 6) is -0.0709. The second kappa shape index (κ2) is 9.02. The average Bonchev–Trinajstić information content (AvgIpc) is 3.27. The second-order valence-corrected chi connectivity index (χ2v) is 9.20. The van der Waals surface area contributed by atoms with Crippen LogP contribution in [0.5, 0.6) is 0 Å². The summed E-state index contributed by atoms with van der Waals surface area (Å²) in [6.45, 7) is 4.67. The first-order chi connectivity index (χ1) is 15.0. The van der Waals surface area contributed by atoms with Crippen molar-refractivity contribution in [3.63, 3.8) is 0 Å². The number of benzene rings is 1. The minimum Gasteiger partial charge on any atom is -0.352 e. The topological polar surface area (TPSA) is 68.2 Å². The standard InChI is InChI=1S/C25H26N2O3S/c1-16(2)17-8-10-18(11-9-17)27-22-6-3-7-23(28)20(22)15-21(25(27)30)24(29)26-13-12-19-5-4-14-31-19/h4-5,8-11,14-16H,3,6-7,12-13H2,1-2H3,(H,26,29). The maximum absolute atomic E-state index is 13.4. The molecule has 0 bridgehead atoms. The molecule has 4 rings (SSSR count). The monoisotopic (exact) mass is 434 g/mol. The Kier molecular flexibility index (Phi) is 6.18. The molecule has 1 aromatic carbocycles. The van der Waals surface area contributed by atoms with Crippen molar-refractivity contribution in [2.24, 2.45) is 0 Å². The molecule has 6 heteroatoms. The summed E-state index contributed by atoms with van der Waals surface area (Å²) >= 11 is 1.63. The number of amides is 1. The van der Waals surface area contributed by atoms with Crippen molar-refractivity contribution in [1.82, 2.24) is 9.88 Å². The van der Waals surface area contributed by atoms with E-state index in [0.29, 0.717) is 55.1 Å². The molecule has 1 N–H and O–H groups in total. The number of pyridine rings is 1. The number of nitrogens with one attached hydrogen (secondary N) is 1. The van der Waals surface area contributed by atoms with Gasteiger partial charge < -0.3 is 5.32 Å². The van der Waals surface area contributed by atoms with Crippen LogP contribution in [0.4, 0.5) is 0 Å². The molecule has 5 nitrogen and oxygen atoms in total. The summed E-state index contributed by atoms with van der Waals surface area (Å²) in [6.07, 6.45) is 2.50. The van der Waals surface area contributed by atoms with Gasteiger partial charge in [-0.1, -0.05) is 32.0 Å². The molecule has 2 heterocycles. The fourth-order valence-corrected chi connectivity index (χ4v) is 4.69. The van der Waals surface area contributed by atoms with Crippen molar-refractivity contribution >= 4 is 23.0 Å². The third-order valence-electron chi connectivity index (χ3n) is 5.72. The molecule has 0 saturated carbocycles. The SMILES string of the molecule is CC(C)c1ccc(-n2c3c(cc(C(=O)NCCc4cccs4)c2=O)C(=O)CCC3)cc1. The van der Waals surface area contributed by atoms with E-state index >= 15 is 0 Å². The summed E-state index contributed by atoms with van der Waals surface area (Å²) < 4.78 is 1.56. The molecule has 0 unspecified atom stereocenters. The zero-order valence-corrected chi connectivity index (χ0v) is 18.6. The molecule has 0 atom stereocenters. The van der Waals surface area contributed by atoms with Gasteiger partial charge in [-0.05, 0) is 60.4 Å². The largest absolute Gasteiger partial charge is 0.352 e. The van der Waals surface area contributed by atoms with Crippen LogP contribution >= 0.6 is 11.3 Å².